The largest absolute Gasteiger partial charge is 0.388 e. The molecule has 0 radical (unpaired) electrons. The zero-order valence-corrected chi connectivity index (χ0v) is 11.3. The predicted molar refractivity (Wildman–Crippen MR) is 72.7 cm³/mol. The summed E-state index contributed by atoms with van der Waals surface area (Å²) < 4.78 is 1.84. The van der Waals surface area contributed by atoms with Gasteiger partial charge in [-0.1, -0.05) is 29.8 Å². The zero-order valence-electron chi connectivity index (χ0n) is 10.5. The number of halogens is 1. The van der Waals surface area contributed by atoms with E-state index < -0.39 is 6.10 Å². The second-order valence-corrected chi connectivity index (χ2v) is 5.07. The molecule has 1 N–H and O–H groups in total. The number of rotatable bonds is 4. The molecule has 1 aromatic heterocycles. The molecule has 0 spiro atoms. The number of aromatic nitrogens is 2. The molecule has 0 aliphatic carbocycles. The number of aliphatic hydroxyl groups excluding tert-OH is 1. The molecule has 18 heavy (non-hydrogen) atoms. The molecule has 1 unspecified atom stereocenters. The molecule has 3 nitrogen and oxygen atoms in total. The summed E-state index contributed by atoms with van der Waals surface area (Å²) >= 11 is 6.08. The Morgan fingerprint density at radius 2 is 2.06 bits per heavy atom. The Morgan fingerprint density at radius 1 is 1.33 bits per heavy atom. The monoisotopic (exact) mass is 264 g/mol. The number of hydrogen-bond donors (Lipinski definition) is 1. The lowest BCUT2D eigenvalue weighted by Gasteiger charge is -2.10. The summed E-state index contributed by atoms with van der Waals surface area (Å²) in [5.41, 5.74) is 1.77. The maximum absolute atomic E-state index is 10.2. The third-order valence-electron chi connectivity index (χ3n) is 2.91. The molecule has 4 heteroatoms. The van der Waals surface area contributed by atoms with Crippen molar-refractivity contribution >= 4 is 11.6 Å². The van der Waals surface area contributed by atoms with E-state index in [0.717, 1.165) is 11.1 Å². The highest BCUT2D eigenvalue weighted by Gasteiger charge is 2.13. The van der Waals surface area contributed by atoms with Gasteiger partial charge in [0.05, 0.1) is 12.3 Å². The zero-order chi connectivity index (χ0) is 13.1. The van der Waals surface area contributed by atoms with Crippen LogP contribution < -0.4 is 0 Å². The third-order valence-corrected chi connectivity index (χ3v) is 3.28. The van der Waals surface area contributed by atoms with Gasteiger partial charge in [0.15, 0.2) is 0 Å². The molecule has 0 saturated carbocycles. The van der Waals surface area contributed by atoms with Crippen LogP contribution in [-0.4, -0.2) is 14.9 Å². The van der Waals surface area contributed by atoms with Gasteiger partial charge in [-0.3, -0.25) is 4.68 Å². The summed E-state index contributed by atoms with van der Waals surface area (Å²) in [6, 6.07) is 7.87. The van der Waals surface area contributed by atoms with Crippen molar-refractivity contribution < 1.29 is 5.11 Å². The van der Waals surface area contributed by atoms with Crippen LogP contribution in [0.25, 0.3) is 0 Å². The Kier molecular flexibility index (Phi) is 4.04. The van der Waals surface area contributed by atoms with Crippen LogP contribution in [0.1, 0.15) is 37.1 Å². The Morgan fingerprint density at radius 3 is 2.67 bits per heavy atom. The molecule has 1 atom stereocenters. The Hall–Kier alpha value is -1.32. The van der Waals surface area contributed by atoms with Crippen molar-refractivity contribution in [1.82, 2.24) is 9.78 Å². The van der Waals surface area contributed by atoms with Crippen LogP contribution in [-0.2, 0) is 6.42 Å². The quantitative estimate of drug-likeness (QED) is 0.919. The van der Waals surface area contributed by atoms with Gasteiger partial charge in [0, 0.05) is 29.2 Å². The molecule has 0 saturated heterocycles. The number of hydrogen-bond acceptors (Lipinski definition) is 2. The van der Waals surface area contributed by atoms with Crippen molar-refractivity contribution in [3.8, 4) is 0 Å². The smallest absolute Gasteiger partial charge is 0.0861 e. The summed E-state index contributed by atoms with van der Waals surface area (Å²) in [6.07, 6.45) is 3.52. The van der Waals surface area contributed by atoms with E-state index in [1.807, 2.05) is 35.1 Å². The number of nitrogens with zero attached hydrogens (tertiary/aromatic N) is 2. The van der Waals surface area contributed by atoms with E-state index >= 15 is 0 Å². The lowest BCUT2D eigenvalue weighted by Crippen LogP contribution is -2.02. The van der Waals surface area contributed by atoms with Gasteiger partial charge in [-0.15, -0.1) is 0 Å². The van der Waals surface area contributed by atoms with Crippen molar-refractivity contribution in [2.75, 3.05) is 0 Å². The van der Waals surface area contributed by atoms with E-state index in [-0.39, 0.29) is 0 Å². The molecule has 0 aliphatic heterocycles. The Bertz CT molecular complexity index is 522. The van der Waals surface area contributed by atoms with Gasteiger partial charge in [0.25, 0.3) is 0 Å². The standard InChI is InChI=1S/C14H17ClN2O/c1-10(2)17-9-12(8-16-17)14(18)7-11-5-3-4-6-13(11)15/h3-6,8-10,14,18H,7H2,1-2H3. The van der Waals surface area contributed by atoms with Crippen LogP contribution in [0.5, 0.6) is 0 Å². The minimum atomic E-state index is -0.572. The normalized spacial score (nSPS) is 12.9. The maximum Gasteiger partial charge on any atom is 0.0861 e. The van der Waals surface area contributed by atoms with Crippen molar-refractivity contribution in [2.45, 2.75) is 32.4 Å². The highest BCUT2D eigenvalue weighted by atomic mass is 35.5. The van der Waals surface area contributed by atoms with Gasteiger partial charge in [-0.05, 0) is 25.5 Å². The summed E-state index contributed by atoms with van der Waals surface area (Å²) in [7, 11) is 0. The molecule has 1 heterocycles. The van der Waals surface area contributed by atoms with E-state index in [2.05, 4.69) is 18.9 Å². The average Bonchev–Trinajstić information content (AvgIpc) is 2.81. The molecular weight excluding hydrogens is 248 g/mol. The highest BCUT2D eigenvalue weighted by molar-refractivity contribution is 6.31. The maximum atomic E-state index is 10.2. The van der Waals surface area contributed by atoms with Crippen molar-refractivity contribution in [2.24, 2.45) is 0 Å². The fourth-order valence-electron chi connectivity index (χ4n) is 1.80. The van der Waals surface area contributed by atoms with Crippen LogP contribution in [0.2, 0.25) is 5.02 Å². The number of benzene rings is 1. The van der Waals surface area contributed by atoms with Crippen molar-refractivity contribution in [3.05, 3.63) is 52.8 Å². The fourth-order valence-corrected chi connectivity index (χ4v) is 2.01. The first-order chi connectivity index (χ1) is 8.58. The summed E-state index contributed by atoms with van der Waals surface area (Å²) in [4.78, 5) is 0. The van der Waals surface area contributed by atoms with Crippen LogP contribution >= 0.6 is 11.6 Å². The summed E-state index contributed by atoms with van der Waals surface area (Å²) in [5, 5.41) is 15.1. The van der Waals surface area contributed by atoms with Gasteiger partial charge in [0.2, 0.25) is 0 Å². The van der Waals surface area contributed by atoms with Crippen LogP contribution in [0.3, 0.4) is 0 Å². The fraction of sp³-hybridized carbons (Fsp3) is 0.357. The van der Waals surface area contributed by atoms with Crippen LogP contribution in [0.4, 0.5) is 0 Å². The first-order valence-corrected chi connectivity index (χ1v) is 6.41. The summed E-state index contributed by atoms with van der Waals surface area (Å²) in [5.74, 6) is 0. The van der Waals surface area contributed by atoms with Crippen molar-refractivity contribution in [3.63, 3.8) is 0 Å². The van der Waals surface area contributed by atoms with E-state index in [9.17, 15) is 5.11 Å². The predicted octanol–water partition coefficient (Wildman–Crippen LogP) is 3.39. The molecule has 0 fully saturated rings. The first kappa shape index (κ1) is 13.1. The molecule has 1 aromatic carbocycles. The first-order valence-electron chi connectivity index (χ1n) is 6.03. The van der Waals surface area contributed by atoms with E-state index in [0.29, 0.717) is 17.5 Å². The molecule has 0 bridgehead atoms. The van der Waals surface area contributed by atoms with E-state index in [4.69, 9.17) is 11.6 Å². The molecule has 2 rings (SSSR count). The molecule has 96 valence electrons. The van der Waals surface area contributed by atoms with E-state index in [1.165, 1.54) is 0 Å². The molecule has 0 amide bonds. The van der Waals surface area contributed by atoms with Crippen molar-refractivity contribution in [1.29, 1.82) is 0 Å². The topological polar surface area (TPSA) is 38.0 Å². The van der Waals surface area contributed by atoms with Gasteiger partial charge < -0.3 is 5.11 Å². The minimum Gasteiger partial charge on any atom is -0.388 e. The lowest BCUT2D eigenvalue weighted by molar-refractivity contribution is 0.178. The molecular formula is C14H17ClN2O. The molecule has 2 aromatic rings. The average molecular weight is 265 g/mol. The minimum absolute atomic E-state index is 0.297. The third kappa shape index (κ3) is 2.92. The molecule has 0 aliphatic rings. The van der Waals surface area contributed by atoms with E-state index in [1.54, 1.807) is 6.20 Å². The van der Waals surface area contributed by atoms with Gasteiger partial charge in [0.1, 0.15) is 0 Å². The Balaban J connectivity index is 2.12. The Labute approximate surface area is 112 Å². The summed E-state index contributed by atoms with van der Waals surface area (Å²) in [6.45, 7) is 4.11. The SMILES string of the molecule is CC(C)n1cc(C(O)Cc2ccccc2Cl)cn1. The van der Waals surface area contributed by atoms with Crippen LogP contribution in [0.15, 0.2) is 36.7 Å². The van der Waals surface area contributed by atoms with Crippen LogP contribution in [0, 0.1) is 0 Å². The van der Waals surface area contributed by atoms with Gasteiger partial charge >= 0.3 is 0 Å². The lowest BCUT2D eigenvalue weighted by atomic mass is 10.0. The highest BCUT2D eigenvalue weighted by Crippen LogP contribution is 2.23. The van der Waals surface area contributed by atoms with Gasteiger partial charge in [-0.2, -0.15) is 5.10 Å². The second-order valence-electron chi connectivity index (χ2n) is 4.66. The number of aliphatic hydroxyl groups is 1. The second kappa shape index (κ2) is 5.55. The van der Waals surface area contributed by atoms with Gasteiger partial charge in [-0.25, -0.2) is 0 Å².